The summed E-state index contributed by atoms with van der Waals surface area (Å²) in [6, 6.07) is 7.55. The molecule has 0 aliphatic heterocycles. The van der Waals surface area contributed by atoms with Crippen LogP contribution in [0.1, 0.15) is 39.7 Å². The van der Waals surface area contributed by atoms with E-state index in [2.05, 4.69) is 27.7 Å². The van der Waals surface area contributed by atoms with Crippen LogP contribution in [0, 0.1) is 5.92 Å². The van der Waals surface area contributed by atoms with Gasteiger partial charge < -0.3 is 14.9 Å². The first-order valence-corrected chi connectivity index (χ1v) is 7.17. The molecule has 18 heavy (non-hydrogen) atoms. The van der Waals surface area contributed by atoms with Crippen molar-refractivity contribution in [1.29, 1.82) is 0 Å². The van der Waals surface area contributed by atoms with Crippen LogP contribution in [-0.4, -0.2) is 14.9 Å². The summed E-state index contributed by atoms with van der Waals surface area (Å²) in [5, 5.41) is 9.20. The molecule has 0 fully saturated rings. The Morgan fingerprint density at radius 2 is 1.56 bits per heavy atom. The molecule has 4 nitrogen and oxygen atoms in total. The maximum absolute atomic E-state index is 9.20. The predicted molar refractivity (Wildman–Crippen MR) is 74.0 cm³/mol. The summed E-state index contributed by atoms with van der Waals surface area (Å²) in [5.74, 6) is 1.04. The van der Waals surface area contributed by atoms with Crippen molar-refractivity contribution in [3.05, 3.63) is 29.8 Å². The fourth-order valence-corrected chi connectivity index (χ4v) is 2.05. The van der Waals surface area contributed by atoms with Crippen molar-refractivity contribution in [2.75, 3.05) is 0 Å². The first-order chi connectivity index (χ1) is 8.15. The Hall–Kier alpha value is -0.830. The zero-order valence-electron chi connectivity index (χ0n) is 11.3. The molecule has 1 rings (SSSR count). The fraction of sp³-hybridized carbons (Fsp3) is 0.538. The van der Waals surface area contributed by atoms with Gasteiger partial charge >= 0.3 is 8.25 Å². The summed E-state index contributed by atoms with van der Waals surface area (Å²) < 4.78 is 8.74. The van der Waals surface area contributed by atoms with Crippen molar-refractivity contribution in [3.8, 4) is 5.75 Å². The monoisotopic (exact) mass is 274 g/mol. The molecule has 1 aromatic rings. The minimum atomic E-state index is -3.13. The van der Waals surface area contributed by atoms with E-state index in [4.69, 9.17) is 14.4 Å². The first kappa shape index (κ1) is 17.2. The lowest BCUT2D eigenvalue weighted by Gasteiger charge is -2.27. The highest BCUT2D eigenvalue weighted by molar-refractivity contribution is 7.30. The highest BCUT2D eigenvalue weighted by Crippen LogP contribution is 2.31. The Labute approximate surface area is 109 Å². The van der Waals surface area contributed by atoms with Crippen LogP contribution in [0.4, 0.5) is 0 Å². The smallest absolute Gasteiger partial charge is 0.314 e. The van der Waals surface area contributed by atoms with Crippen LogP contribution in [0.5, 0.6) is 5.75 Å². The molecule has 0 aromatic heterocycles. The van der Waals surface area contributed by atoms with E-state index in [0.29, 0.717) is 11.7 Å². The van der Waals surface area contributed by atoms with Crippen molar-refractivity contribution < 1.29 is 19.5 Å². The lowest BCUT2D eigenvalue weighted by atomic mass is 9.78. The second-order valence-electron chi connectivity index (χ2n) is 5.31. The van der Waals surface area contributed by atoms with Crippen LogP contribution in [0.15, 0.2) is 24.3 Å². The second-order valence-corrected chi connectivity index (χ2v) is 5.88. The molecule has 0 amide bonds. The standard InChI is InChI=1S/C13H20O.H3O3P/c1-10(2)9-13(3,4)11-5-7-12(14)8-6-11;1-4(2)3/h5-8,10,14H,9H2,1-4H3;4H,(H2,1,2,3). The molecule has 0 saturated heterocycles. The van der Waals surface area contributed by atoms with Gasteiger partial charge in [-0.3, -0.25) is 4.57 Å². The highest BCUT2D eigenvalue weighted by atomic mass is 31.1. The van der Waals surface area contributed by atoms with E-state index < -0.39 is 8.25 Å². The molecule has 0 atom stereocenters. The van der Waals surface area contributed by atoms with E-state index in [-0.39, 0.29) is 5.41 Å². The zero-order chi connectivity index (χ0) is 14.3. The third kappa shape index (κ3) is 7.49. The summed E-state index contributed by atoms with van der Waals surface area (Å²) >= 11 is 0. The number of hydrogen-bond donors (Lipinski definition) is 3. The highest BCUT2D eigenvalue weighted by Gasteiger charge is 2.21. The van der Waals surface area contributed by atoms with Gasteiger partial charge in [-0.1, -0.05) is 39.8 Å². The molecule has 0 saturated carbocycles. The first-order valence-electron chi connectivity index (χ1n) is 5.86. The van der Waals surface area contributed by atoms with Gasteiger partial charge in [-0.05, 0) is 35.4 Å². The maximum Gasteiger partial charge on any atom is 0.314 e. The zero-order valence-corrected chi connectivity index (χ0v) is 12.3. The molecule has 0 spiro atoms. The van der Waals surface area contributed by atoms with Crippen LogP contribution in [-0.2, 0) is 9.98 Å². The third-order valence-corrected chi connectivity index (χ3v) is 2.57. The molecule has 104 valence electrons. The molecule has 3 N–H and O–H groups in total. The van der Waals surface area contributed by atoms with E-state index in [0.717, 1.165) is 6.42 Å². The van der Waals surface area contributed by atoms with Gasteiger partial charge in [0.15, 0.2) is 0 Å². The largest absolute Gasteiger partial charge is 0.508 e. The van der Waals surface area contributed by atoms with E-state index in [9.17, 15) is 5.11 Å². The minimum Gasteiger partial charge on any atom is -0.508 e. The van der Waals surface area contributed by atoms with E-state index in [1.807, 2.05) is 12.1 Å². The van der Waals surface area contributed by atoms with Crippen LogP contribution < -0.4 is 0 Å². The second kappa shape index (κ2) is 7.57. The lowest BCUT2D eigenvalue weighted by Crippen LogP contribution is -2.19. The fourth-order valence-electron chi connectivity index (χ4n) is 2.05. The summed E-state index contributed by atoms with van der Waals surface area (Å²) in [4.78, 5) is 14.3. The third-order valence-electron chi connectivity index (χ3n) is 2.57. The Balaban J connectivity index is 0.000000631. The van der Waals surface area contributed by atoms with Crippen molar-refractivity contribution in [2.24, 2.45) is 5.92 Å². The molecular formula is C13H23O4P. The van der Waals surface area contributed by atoms with E-state index in [1.165, 1.54) is 5.56 Å². The Bertz CT molecular complexity index is 367. The van der Waals surface area contributed by atoms with E-state index >= 15 is 0 Å². The van der Waals surface area contributed by atoms with Gasteiger partial charge in [-0.2, -0.15) is 0 Å². The normalized spacial score (nSPS) is 11.3. The van der Waals surface area contributed by atoms with Gasteiger partial charge in [-0.15, -0.1) is 0 Å². The molecule has 0 unspecified atom stereocenters. The SMILES string of the molecule is CC(C)CC(C)(C)c1ccc(O)cc1.O=[PH](O)O. The van der Waals surface area contributed by atoms with Crippen molar-refractivity contribution in [2.45, 2.75) is 39.5 Å². The Kier molecular flexibility index (Phi) is 7.22. The molecule has 5 heteroatoms. The average molecular weight is 274 g/mol. The van der Waals surface area contributed by atoms with Gasteiger partial charge in [0, 0.05) is 0 Å². The lowest BCUT2D eigenvalue weighted by molar-refractivity contribution is 0.399. The van der Waals surface area contributed by atoms with Crippen molar-refractivity contribution in [1.82, 2.24) is 0 Å². The average Bonchev–Trinajstić information content (AvgIpc) is 2.15. The number of phenols is 1. The molecule has 0 radical (unpaired) electrons. The quantitative estimate of drug-likeness (QED) is 0.740. The molecule has 0 aliphatic rings. The number of hydrogen-bond acceptors (Lipinski definition) is 2. The number of aromatic hydroxyl groups is 1. The topological polar surface area (TPSA) is 77.8 Å². The van der Waals surface area contributed by atoms with E-state index in [1.54, 1.807) is 12.1 Å². The van der Waals surface area contributed by atoms with Crippen molar-refractivity contribution in [3.63, 3.8) is 0 Å². The maximum atomic E-state index is 9.20. The summed E-state index contributed by atoms with van der Waals surface area (Å²) in [5.41, 5.74) is 1.49. The van der Waals surface area contributed by atoms with Crippen LogP contribution in [0.25, 0.3) is 0 Å². The molecule has 1 aromatic carbocycles. The summed E-state index contributed by atoms with van der Waals surface area (Å²) in [6.07, 6.45) is 1.16. The number of phenolic OH excluding ortho intramolecular Hbond substituents is 1. The molecular weight excluding hydrogens is 251 g/mol. The van der Waals surface area contributed by atoms with Gasteiger partial charge in [0.05, 0.1) is 0 Å². The van der Waals surface area contributed by atoms with Gasteiger partial charge in [0.2, 0.25) is 0 Å². The minimum absolute atomic E-state index is 0.196. The van der Waals surface area contributed by atoms with Gasteiger partial charge in [0.1, 0.15) is 5.75 Å². The Morgan fingerprint density at radius 1 is 1.17 bits per heavy atom. The number of benzene rings is 1. The van der Waals surface area contributed by atoms with Crippen molar-refractivity contribution >= 4 is 8.25 Å². The summed E-state index contributed by atoms with van der Waals surface area (Å²) in [7, 11) is -3.13. The van der Waals surface area contributed by atoms with Crippen LogP contribution in [0.3, 0.4) is 0 Å². The molecule has 0 aliphatic carbocycles. The molecule has 0 bridgehead atoms. The number of rotatable bonds is 3. The van der Waals surface area contributed by atoms with Gasteiger partial charge in [0.25, 0.3) is 0 Å². The van der Waals surface area contributed by atoms with Crippen LogP contribution in [0.2, 0.25) is 0 Å². The molecule has 0 heterocycles. The Morgan fingerprint density at radius 3 is 1.89 bits per heavy atom. The predicted octanol–water partition coefficient (Wildman–Crippen LogP) is 3.08. The van der Waals surface area contributed by atoms with Crippen LogP contribution >= 0.6 is 8.25 Å². The summed E-state index contributed by atoms with van der Waals surface area (Å²) in [6.45, 7) is 8.98. The van der Waals surface area contributed by atoms with Gasteiger partial charge in [-0.25, -0.2) is 0 Å².